The van der Waals surface area contributed by atoms with Gasteiger partial charge in [-0.25, -0.2) is 14.2 Å². The molecule has 0 aliphatic heterocycles. The monoisotopic (exact) mass is 192 g/mol. The van der Waals surface area contributed by atoms with Crippen molar-refractivity contribution in [2.45, 2.75) is 44.6 Å². The van der Waals surface area contributed by atoms with Gasteiger partial charge in [-0.3, -0.25) is 10.2 Å². The summed E-state index contributed by atoms with van der Waals surface area (Å²) in [6.07, 6.45) is 0.634. The van der Waals surface area contributed by atoms with Crippen LogP contribution in [0.1, 0.15) is 32.6 Å². The van der Waals surface area contributed by atoms with Crippen molar-refractivity contribution >= 4 is 5.91 Å². The zero-order valence-electron chi connectivity index (χ0n) is 7.57. The van der Waals surface area contributed by atoms with Crippen molar-refractivity contribution in [2.75, 3.05) is 0 Å². The first kappa shape index (κ1) is 10.4. The van der Waals surface area contributed by atoms with Gasteiger partial charge in [-0.15, -0.1) is 0 Å². The molecule has 0 radical (unpaired) electrons. The highest BCUT2D eigenvalue weighted by Gasteiger charge is 2.34. The van der Waals surface area contributed by atoms with Crippen molar-refractivity contribution in [3.8, 4) is 0 Å². The van der Waals surface area contributed by atoms with Gasteiger partial charge in [0.25, 0.3) is 0 Å². The zero-order chi connectivity index (χ0) is 9.90. The highest BCUT2D eigenvalue weighted by molar-refractivity contribution is 5.72. The standard InChI is InChI=1S/C8H14F2N2O/c1-6(13)11-12-7-2-4-8(9,10)5-3-7/h7,12H,2-5H2,1H3,(H,11,13). The van der Waals surface area contributed by atoms with Crippen LogP contribution in [-0.4, -0.2) is 17.9 Å². The number of carbonyl (C=O) groups is 1. The van der Waals surface area contributed by atoms with Gasteiger partial charge >= 0.3 is 0 Å². The zero-order valence-corrected chi connectivity index (χ0v) is 7.57. The third-order valence-corrected chi connectivity index (χ3v) is 2.17. The molecule has 0 saturated heterocycles. The maximum Gasteiger partial charge on any atom is 0.248 e. The Labute approximate surface area is 75.9 Å². The van der Waals surface area contributed by atoms with Crippen LogP contribution in [0.5, 0.6) is 0 Å². The average Bonchev–Trinajstić information content (AvgIpc) is 2.02. The largest absolute Gasteiger partial charge is 0.292 e. The third-order valence-electron chi connectivity index (χ3n) is 2.17. The molecule has 1 amide bonds. The Morgan fingerprint density at radius 1 is 1.38 bits per heavy atom. The van der Waals surface area contributed by atoms with Crippen molar-refractivity contribution < 1.29 is 13.6 Å². The quantitative estimate of drug-likeness (QED) is 0.645. The fourth-order valence-corrected chi connectivity index (χ4v) is 1.39. The lowest BCUT2D eigenvalue weighted by atomic mass is 9.93. The van der Waals surface area contributed by atoms with Crippen LogP contribution >= 0.6 is 0 Å². The molecule has 3 nitrogen and oxygen atoms in total. The van der Waals surface area contributed by atoms with E-state index in [1.54, 1.807) is 0 Å². The number of hydrogen-bond donors (Lipinski definition) is 2. The molecule has 0 aromatic heterocycles. The molecule has 0 spiro atoms. The van der Waals surface area contributed by atoms with E-state index in [-0.39, 0.29) is 24.8 Å². The lowest BCUT2D eigenvalue weighted by Gasteiger charge is -2.28. The van der Waals surface area contributed by atoms with E-state index in [0.29, 0.717) is 12.8 Å². The highest BCUT2D eigenvalue weighted by Crippen LogP contribution is 2.32. The highest BCUT2D eigenvalue weighted by atomic mass is 19.3. The molecule has 0 bridgehead atoms. The van der Waals surface area contributed by atoms with Gasteiger partial charge in [0.1, 0.15) is 0 Å². The van der Waals surface area contributed by atoms with Crippen LogP contribution < -0.4 is 10.9 Å². The first-order valence-electron chi connectivity index (χ1n) is 4.39. The van der Waals surface area contributed by atoms with Crippen LogP contribution in [-0.2, 0) is 4.79 Å². The number of alkyl halides is 2. The summed E-state index contributed by atoms with van der Waals surface area (Å²) in [5.41, 5.74) is 5.13. The number of rotatable bonds is 2. The normalized spacial score (nSPS) is 22.7. The van der Waals surface area contributed by atoms with Crippen molar-refractivity contribution in [3.05, 3.63) is 0 Å². The second kappa shape index (κ2) is 4.00. The van der Waals surface area contributed by atoms with E-state index < -0.39 is 5.92 Å². The summed E-state index contributed by atoms with van der Waals surface area (Å²) in [6.45, 7) is 1.38. The Bertz CT molecular complexity index is 187. The molecule has 1 fully saturated rings. The second-order valence-electron chi connectivity index (χ2n) is 3.46. The van der Waals surface area contributed by atoms with Crippen LogP contribution in [0.4, 0.5) is 8.78 Å². The smallest absolute Gasteiger partial charge is 0.248 e. The molecule has 0 atom stereocenters. The Hall–Kier alpha value is -0.710. The average molecular weight is 192 g/mol. The summed E-state index contributed by atoms with van der Waals surface area (Å²) in [5.74, 6) is -2.70. The Morgan fingerprint density at radius 3 is 2.38 bits per heavy atom. The lowest BCUT2D eigenvalue weighted by molar-refractivity contribution is -0.120. The van der Waals surface area contributed by atoms with Crippen LogP contribution in [0.2, 0.25) is 0 Å². The molecule has 13 heavy (non-hydrogen) atoms. The molecule has 5 heteroatoms. The van der Waals surface area contributed by atoms with Gasteiger partial charge < -0.3 is 0 Å². The SMILES string of the molecule is CC(=O)NNC1CCC(F)(F)CC1. The predicted octanol–water partition coefficient (Wildman–Crippen LogP) is 1.21. The van der Waals surface area contributed by atoms with Gasteiger partial charge in [0.05, 0.1) is 0 Å². The molecule has 76 valence electrons. The summed E-state index contributed by atoms with van der Waals surface area (Å²) < 4.78 is 25.3. The van der Waals surface area contributed by atoms with Crippen molar-refractivity contribution in [2.24, 2.45) is 0 Å². The topological polar surface area (TPSA) is 41.1 Å². The van der Waals surface area contributed by atoms with E-state index >= 15 is 0 Å². The molecule has 1 aliphatic carbocycles. The number of carbonyl (C=O) groups excluding carboxylic acids is 1. The minimum absolute atomic E-state index is 0.0106. The Morgan fingerprint density at radius 2 is 1.92 bits per heavy atom. The van der Waals surface area contributed by atoms with Gasteiger partial charge in [0.2, 0.25) is 11.8 Å². The fraction of sp³-hybridized carbons (Fsp3) is 0.875. The first-order valence-corrected chi connectivity index (χ1v) is 4.39. The second-order valence-corrected chi connectivity index (χ2v) is 3.46. The van der Waals surface area contributed by atoms with Gasteiger partial charge in [-0.1, -0.05) is 0 Å². The molecule has 0 heterocycles. The summed E-state index contributed by atoms with van der Waals surface area (Å²) in [6, 6.07) is -0.0106. The third kappa shape index (κ3) is 3.67. The van der Waals surface area contributed by atoms with Crippen molar-refractivity contribution in [1.82, 2.24) is 10.9 Å². The summed E-state index contributed by atoms with van der Waals surface area (Å²) in [4.78, 5) is 10.5. The molecule has 1 rings (SSSR count). The van der Waals surface area contributed by atoms with Crippen LogP contribution in [0.3, 0.4) is 0 Å². The number of nitrogens with one attached hydrogen (secondary N) is 2. The minimum Gasteiger partial charge on any atom is -0.292 e. The maximum atomic E-state index is 12.7. The van der Waals surface area contributed by atoms with Gasteiger partial charge in [0, 0.05) is 25.8 Å². The van der Waals surface area contributed by atoms with Gasteiger partial charge in [-0.05, 0) is 12.8 Å². The van der Waals surface area contributed by atoms with Gasteiger partial charge in [0.15, 0.2) is 0 Å². The number of hydrogen-bond acceptors (Lipinski definition) is 2. The van der Waals surface area contributed by atoms with E-state index in [9.17, 15) is 13.6 Å². The fourth-order valence-electron chi connectivity index (χ4n) is 1.39. The predicted molar refractivity (Wildman–Crippen MR) is 44.2 cm³/mol. The van der Waals surface area contributed by atoms with E-state index in [1.165, 1.54) is 6.92 Å². The molecule has 0 unspecified atom stereocenters. The summed E-state index contributed by atoms with van der Waals surface area (Å²) in [7, 11) is 0. The minimum atomic E-state index is -2.51. The molecule has 0 aromatic carbocycles. The molecule has 1 aliphatic rings. The number of amides is 1. The van der Waals surface area contributed by atoms with E-state index in [1.807, 2.05) is 0 Å². The van der Waals surface area contributed by atoms with Gasteiger partial charge in [-0.2, -0.15) is 0 Å². The van der Waals surface area contributed by atoms with E-state index in [4.69, 9.17) is 0 Å². The van der Waals surface area contributed by atoms with E-state index in [2.05, 4.69) is 10.9 Å². The summed E-state index contributed by atoms with van der Waals surface area (Å²) in [5, 5.41) is 0. The Kier molecular flexibility index (Phi) is 3.19. The van der Waals surface area contributed by atoms with Crippen LogP contribution in [0.15, 0.2) is 0 Å². The maximum absolute atomic E-state index is 12.7. The van der Waals surface area contributed by atoms with Crippen LogP contribution in [0.25, 0.3) is 0 Å². The van der Waals surface area contributed by atoms with Crippen molar-refractivity contribution in [3.63, 3.8) is 0 Å². The van der Waals surface area contributed by atoms with Crippen LogP contribution in [0, 0.1) is 0 Å². The van der Waals surface area contributed by atoms with E-state index in [0.717, 1.165) is 0 Å². The molecule has 2 N–H and O–H groups in total. The molecule has 0 aromatic rings. The molecule has 1 saturated carbocycles. The number of hydrazine groups is 1. The Balaban J connectivity index is 2.21. The molecular formula is C8H14F2N2O. The summed E-state index contributed by atoms with van der Waals surface area (Å²) >= 11 is 0. The first-order chi connectivity index (χ1) is 5.99. The number of halogens is 2. The molecular weight excluding hydrogens is 178 g/mol. The van der Waals surface area contributed by atoms with Crippen molar-refractivity contribution in [1.29, 1.82) is 0 Å². The lowest BCUT2D eigenvalue weighted by Crippen LogP contribution is -2.46.